The Labute approximate surface area is 88.2 Å². The van der Waals surface area contributed by atoms with Crippen LogP contribution in [0.15, 0.2) is 0 Å². The second-order valence-corrected chi connectivity index (χ2v) is 4.65. The van der Waals surface area contributed by atoms with Gasteiger partial charge < -0.3 is 10.6 Å². The second-order valence-electron chi connectivity index (χ2n) is 4.65. The summed E-state index contributed by atoms with van der Waals surface area (Å²) in [5.41, 5.74) is 5.59. The fourth-order valence-electron chi connectivity index (χ4n) is 2.28. The van der Waals surface area contributed by atoms with Gasteiger partial charge >= 0.3 is 0 Å². The molecule has 0 spiro atoms. The Kier molecular flexibility index (Phi) is 4.85. The van der Waals surface area contributed by atoms with E-state index in [0.717, 1.165) is 19.0 Å². The van der Waals surface area contributed by atoms with E-state index in [-0.39, 0.29) is 0 Å². The van der Waals surface area contributed by atoms with Gasteiger partial charge in [-0.05, 0) is 53.4 Å². The molecule has 14 heavy (non-hydrogen) atoms. The number of piperidine rings is 1. The van der Waals surface area contributed by atoms with Crippen molar-refractivity contribution in [2.45, 2.75) is 38.3 Å². The minimum Gasteiger partial charge on any atom is -0.330 e. The van der Waals surface area contributed by atoms with E-state index in [4.69, 9.17) is 5.73 Å². The predicted molar refractivity (Wildman–Crippen MR) is 61.4 cm³/mol. The molecule has 0 amide bonds. The molecule has 0 aliphatic carbocycles. The van der Waals surface area contributed by atoms with Crippen LogP contribution in [0.5, 0.6) is 0 Å². The lowest BCUT2D eigenvalue weighted by Gasteiger charge is -2.38. The quantitative estimate of drug-likeness (QED) is 0.725. The van der Waals surface area contributed by atoms with Gasteiger partial charge in [0.2, 0.25) is 0 Å². The molecule has 0 aromatic carbocycles. The van der Waals surface area contributed by atoms with Gasteiger partial charge in [-0.2, -0.15) is 0 Å². The fraction of sp³-hybridized carbons (Fsp3) is 1.00. The van der Waals surface area contributed by atoms with Crippen molar-refractivity contribution in [2.75, 3.05) is 33.7 Å². The van der Waals surface area contributed by atoms with E-state index in [2.05, 4.69) is 30.8 Å². The van der Waals surface area contributed by atoms with E-state index in [1.807, 2.05) is 0 Å². The number of hydrogen-bond donors (Lipinski definition) is 1. The smallest absolute Gasteiger partial charge is 0.0223 e. The highest BCUT2D eigenvalue weighted by Gasteiger charge is 2.23. The largest absolute Gasteiger partial charge is 0.330 e. The van der Waals surface area contributed by atoms with Gasteiger partial charge in [-0.25, -0.2) is 0 Å². The SMILES string of the molecule is CC(CCN)N(C)C1CCCN(C)C1. The number of rotatable bonds is 4. The molecule has 1 aliphatic heterocycles. The maximum atomic E-state index is 5.59. The van der Waals surface area contributed by atoms with Gasteiger partial charge in [0.05, 0.1) is 0 Å². The van der Waals surface area contributed by atoms with Crippen molar-refractivity contribution in [3.63, 3.8) is 0 Å². The van der Waals surface area contributed by atoms with Crippen molar-refractivity contribution in [1.82, 2.24) is 9.80 Å². The third-order valence-electron chi connectivity index (χ3n) is 3.46. The predicted octanol–water partition coefficient (Wildman–Crippen LogP) is 0.750. The molecule has 1 rings (SSSR count). The average molecular weight is 199 g/mol. The Morgan fingerprint density at radius 3 is 2.86 bits per heavy atom. The summed E-state index contributed by atoms with van der Waals surface area (Å²) < 4.78 is 0. The molecule has 2 unspecified atom stereocenters. The first-order valence-electron chi connectivity index (χ1n) is 5.75. The lowest BCUT2D eigenvalue weighted by molar-refractivity contribution is 0.102. The van der Waals surface area contributed by atoms with Gasteiger partial charge in [0, 0.05) is 18.6 Å². The van der Waals surface area contributed by atoms with E-state index >= 15 is 0 Å². The molecule has 0 bridgehead atoms. The molecule has 0 saturated carbocycles. The second kappa shape index (κ2) is 5.69. The summed E-state index contributed by atoms with van der Waals surface area (Å²) in [6, 6.07) is 1.35. The van der Waals surface area contributed by atoms with Crippen LogP contribution in [0.4, 0.5) is 0 Å². The Hall–Kier alpha value is -0.120. The van der Waals surface area contributed by atoms with Gasteiger partial charge in [0.15, 0.2) is 0 Å². The van der Waals surface area contributed by atoms with Crippen LogP contribution in [0.2, 0.25) is 0 Å². The van der Waals surface area contributed by atoms with Crippen LogP contribution in [0, 0.1) is 0 Å². The molecule has 2 N–H and O–H groups in total. The van der Waals surface area contributed by atoms with Gasteiger partial charge in [0.1, 0.15) is 0 Å². The lowest BCUT2D eigenvalue weighted by atomic mass is 10.0. The van der Waals surface area contributed by atoms with Crippen LogP contribution in [0.3, 0.4) is 0 Å². The van der Waals surface area contributed by atoms with E-state index in [1.165, 1.54) is 25.9 Å². The van der Waals surface area contributed by atoms with Crippen LogP contribution < -0.4 is 5.73 Å². The summed E-state index contributed by atoms with van der Waals surface area (Å²) in [6.07, 6.45) is 3.79. The number of hydrogen-bond acceptors (Lipinski definition) is 3. The molecule has 0 aromatic rings. The molecule has 0 radical (unpaired) electrons. The molecule has 0 aromatic heterocycles. The van der Waals surface area contributed by atoms with Crippen molar-refractivity contribution >= 4 is 0 Å². The summed E-state index contributed by atoms with van der Waals surface area (Å²) in [6.45, 7) is 5.55. The number of likely N-dealkylation sites (tertiary alicyclic amines) is 1. The van der Waals surface area contributed by atoms with E-state index in [1.54, 1.807) is 0 Å². The minimum atomic E-state index is 0.622. The van der Waals surface area contributed by atoms with Gasteiger partial charge in [-0.3, -0.25) is 4.90 Å². The molecular formula is C11H25N3. The van der Waals surface area contributed by atoms with Gasteiger partial charge in [0.25, 0.3) is 0 Å². The Morgan fingerprint density at radius 1 is 1.57 bits per heavy atom. The van der Waals surface area contributed by atoms with Crippen molar-refractivity contribution in [3.05, 3.63) is 0 Å². The number of nitrogens with zero attached hydrogens (tertiary/aromatic N) is 2. The lowest BCUT2D eigenvalue weighted by Crippen LogP contribution is -2.48. The summed E-state index contributed by atoms with van der Waals surface area (Å²) in [4.78, 5) is 4.93. The standard InChI is InChI=1S/C11H25N3/c1-10(6-7-12)14(3)11-5-4-8-13(2)9-11/h10-11H,4-9,12H2,1-3H3. The normalized spacial score (nSPS) is 26.8. The summed E-state index contributed by atoms with van der Waals surface area (Å²) in [7, 11) is 4.46. The van der Waals surface area contributed by atoms with Gasteiger partial charge in [-0.15, -0.1) is 0 Å². The third-order valence-corrected chi connectivity index (χ3v) is 3.46. The maximum Gasteiger partial charge on any atom is 0.0223 e. The minimum absolute atomic E-state index is 0.622. The molecule has 84 valence electrons. The van der Waals surface area contributed by atoms with Crippen molar-refractivity contribution < 1.29 is 0 Å². The first kappa shape index (κ1) is 12.0. The summed E-state index contributed by atoms with van der Waals surface area (Å²) in [5.74, 6) is 0. The van der Waals surface area contributed by atoms with E-state index in [0.29, 0.717) is 6.04 Å². The summed E-state index contributed by atoms with van der Waals surface area (Å²) in [5, 5.41) is 0. The average Bonchev–Trinajstić information content (AvgIpc) is 2.17. The van der Waals surface area contributed by atoms with Crippen LogP contribution >= 0.6 is 0 Å². The first-order chi connectivity index (χ1) is 6.65. The Balaban J connectivity index is 2.38. The molecule has 3 nitrogen and oxygen atoms in total. The third kappa shape index (κ3) is 3.23. The van der Waals surface area contributed by atoms with Crippen molar-refractivity contribution in [2.24, 2.45) is 5.73 Å². The Bertz CT molecular complexity index is 161. The number of likely N-dealkylation sites (N-methyl/N-ethyl adjacent to an activating group) is 2. The number of nitrogens with two attached hydrogens (primary N) is 1. The summed E-state index contributed by atoms with van der Waals surface area (Å²) >= 11 is 0. The van der Waals surface area contributed by atoms with Gasteiger partial charge in [-0.1, -0.05) is 0 Å². The molecule has 3 heteroatoms. The zero-order chi connectivity index (χ0) is 10.6. The first-order valence-corrected chi connectivity index (χ1v) is 5.75. The molecule has 1 saturated heterocycles. The zero-order valence-corrected chi connectivity index (χ0v) is 9.87. The molecular weight excluding hydrogens is 174 g/mol. The Morgan fingerprint density at radius 2 is 2.29 bits per heavy atom. The molecule has 1 heterocycles. The zero-order valence-electron chi connectivity index (χ0n) is 9.87. The monoisotopic (exact) mass is 199 g/mol. The van der Waals surface area contributed by atoms with Crippen LogP contribution in [0.1, 0.15) is 26.2 Å². The van der Waals surface area contributed by atoms with E-state index < -0.39 is 0 Å². The molecule has 2 atom stereocenters. The van der Waals surface area contributed by atoms with Crippen molar-refractivity contribution in [3.8, 4) is 0 Å². The fourth-order valence-corrected chi connectivity index (χ4v) is 2.28. The maximum absolute atomic E-state index is 5.59. The van der Waals surface area contributed by atoms with Crippen LogP contribution in [0.25, 0.3) is 0 Å². The van der Waals surface area contributed by atoms with Crippen LogP contribution in [-0.4, -0.2) is 55.6 Å². The molecule has 1 fully saturated rings. The van der Waals surface area contributed by atoms with Crippen molar-refractivity contribution in [1.29, 1.82) is 0 Å². The topological polar surface area (TPSA) is 32.5 Å². The highest BCUT2D eigenvalue weighted by Crippen LogP contribution is 2.16. The van der Waals surface area contributed by atoms with Crippen LogP contribution in [-0.2, 0) is 0 Å². The van der Waals surface area contributed by atoms with E-state index in [9.17, 15) is 0 Å². The molecule has 1 aliphatic rings. The highest BCUT2D eigenvalue weighted by atomic mass is 15.2. The highest BCUT2D eigenvalue weighted by molar-refractivity contribution is 4.80.